The Labute approximate surface area is 124 Å². The first kappa shape index (κ1) is 15.7. The number of benzene rings is 1. The monoisotopic (exact) mass is 310 g/mol. The Morgan fingerprint density at radius 1 is 1.43 bits per heavy atom. The summed E-state index contributed by atoms with van der Waals surface area (Å²) in [5.41, 5.74) is 0.357. The van der Waals surface area contributed by atoms with Gasteiger partial charge >= 0.3 is 0 Å². The summed E-state index contributed by atoms with van der Waals surface area (Å²) in [7, 11) is -2.18. The van der Waals surface area contributed by atoms with Gasteiger partial charge < -0.3 is 4.90 Å². The van der Waals surface area contributed by atoms with E-state index in [9.17, 15) is 18.0 Å². The lowest BCUT2D eigenvalue weighted by Crippen LogP contribution is -2.40. The maximum Gasteiger partial charge on any atom is 0.241 e. The first-order chi connectivity index (χ1) is 9.85. The molecule has 2 rings (SSSR count). The van der Waals surface area contributed by atoms with E-state index in [4.69, 9.17) is 0 Å². The van der Waals surface area contributed by atoms with Gasteiger partial charge in [0.2, 0.25) is 15.9 Å². The molecule has 1 aliphatic heterocycles. The van der Waals surface area contributed by atoms with Crippen molar-refractivity contribution in [3.05, 3.63) is 29.8 Å². The number of likely N-dealkylation sites (tertiary alicyclic amines) is 1. The van der Waals surface area contributed by atoms with Crippen molar-refractivity contribution in [1.82, 2.24) is 9.62 Å². The maximum absolute atomic E-state index is 12.3. The quantitative estimate of drug-likeness (QED) is 0.815. The van der Waals surface area contributed by atoms with Crippen molar-refractivity contribution in [3.63, 3.8) is 0 Å². The van der Waals surface area contributed by atoms with Gasteiger partial charge in [0.1, 0.15) is 6.04 Å². The van der Waals surface area contributed by atoms with Crippen LogP contribution in [-0.2, 0) is 14.8 Å². The van der Waals surface area contributed by atoms with Crippen LogP contribution in [-0.4, -0.2) is 44.6 Å². The van der Waals surface area contributed by atoms with E-state index in [0.717, 1.165) is 0 Å². The molecule has 0 aliphatic carbocycles. The van der Waals surface area contributed by atoms with E-state index < -0.39 is 16.1 Å². The van der Waals surface area contributed by atoms with Gasteiger partial charge in [0.05, 0.1) is 4.90 Å². The molecule has 0 saturated carbocycles. The highest BCUT2D eigenvalue weighted by atomic mass is 32.2. The maximum atomic E-state index is 12.3. The van der Waals surface area contributed by atoms with Gasteiger partial charge in [-0.15, -0.1) is 0 Å². The number of likely N-dealkylation sites (N-methyl/N-ethyl adjacent to an activating group) is 1. The SMILES string of the molecule is CCC(=O)c1cccc(S(=O)(=O)NC2CCN(C)C2=O)c1. The highest BCUT2D eigenvalue weighted by molar-refractivity contribution is 7.89. The van der Waals surface area contributed by atoms with Gasteiger partial charge in [-0.05, 0) is 18.6 Å². The van der Waals surface area contributed by atoms with Crippen molar-refractivity contribution >= 4 is 21.7 Å². The summed E-state index contributed by atoms with van der Waals surface area (Å²) in [4.78, 5) is 24.9. The Balaban J connectivity index is 2.24. The Kier molecular flexibility index (Phi) is 4.43. The van der Waals surface area contributed by atoms with Crippen molar-refractivity contribution in [3.8, 4) is 0 Å². The third-order valence-corrected chi connectivity index (χ3v) is 4.98. The van der Waals surface area contributed by atoms with E-state index in [1.165, 1.54) is 23.1 Å². The van der Waals surface area contributed by atoms with Crippen LogP contribution in [0.4, 0.5) is 0 Å². The summed E-state index contributed by atoms with van der Waals surface area (Å²) in [5.74, 6) is -0.358. The number of ketones is 1. The molecule has 1 amide bonds. The number of amides is 1. The van der Waals surface area contributed by atoms with Gasteiger partial charge in [-0.2, -0.15) is 4.72 Å². The third-order valence-electron chi connectivity index (χ3n) is 3.51. The molecule has 1 saturated heterocycles. The lowest BCUT2D eigenvalue weighted by Gasteiger charge is -2.13. The molecular formula is C14H18N2O4S. The van der Waals surface area contributed by atoms with Crippen LogP contribution in [0.5, 0.6) is 0 Å². The minimum absolute atomic E-state index is 0.00385. The molecule has 0 radical (unpaired) electrons. The first-order valence-corrected chi connectivity index (χ1v) is 8.24. The van der Waals surface area contributed by atoms with Gasteiger partial charge in [0.15, 0.2) is 5.78 Å². The van der Waals surface area contributed by atoms with E-state index >= 15 is 0 Å². The topological polar surface area (TPSA) is 83.6 Å². The second-order valence-corrected chi connectivity index (χ2v) is 6.74. The molecule has 1 aliphatic rings. The zero-order valence-corrected chi connectivity index (χ0v) is 12.8. The smallest absolute Gasteiger partial charge is 0.241 e. The van der Waals surface area contributed by atoms with Gasteiger partial charge in [-0.1, -0.05) is 19.1 Å². The second-order valence-electron chi connectivity index (χ2n) is 5.03. The Bertz CT molecular complexity index is 669. The number of nitrogens with one attached hydrogen (secondary N) is 1. The number of carbonyl (C=O) groups is 2. The number of hydrogen-bond acceptors (Lipinski definition) is 4. The van der Waals surface area contributed by atoms with E-state index in [1.54, 1.807) is 20.0 Å². The van der Waals surface area contributed by atoms with Crippen LogP contribution in [0.15, 0.2) is 29.2 Å². The van der Waals surface area contributed by atoms with Crippen molar-refractivity contribution in [2.24, 2.45) is 0 Å². The first-order valence-electron chi connectivity index (χ1n) is 6.75. The fourth-order valence-electron chi connectivity index (χ4n) is 2.23. The minimum Gasteiger partial charge on any atom is -0.344 e. The molecule has 1 N–H and O–H groups in total. The van der Waals surface area contributed by atoms with E-state index in [0.29, 0.717) is 24.9 Å². The lowest BCUT2D eigenvalue weighted by atomic mass is 10.1. The Hall–Kier alpha value is -1.73. The zero-order valence-electron chi connectivity index (χ0n) is 12.0. The summed E-state index contributed by atoms with van der Waals surface area (Å²) < 4.78 is 27.0. The number of carbonyl (C=O) groups excluding carboxylic acids is 2. The molecule has 1 aromatic carbocycles. The van der Waals surface area contributed by atoms with Crippen LogP contribution in [0.1, 0.15) is 30.1 Å². The Morgan fingerprint density at radius 2 is 2.14 bits per heavy atom. The Morgan fingerprint density at radius 3 is 2.71 bits per heavy atom. The molecule has 0 aromatic heterocycles. The molecule has 21 heavy (non-hydrogen) atoms. The van der Waals surface area contributed by atoms with E-state index in [1.807, 2.05) is 0 Å². The lowest BCUT2D eigenvalue weighted by molar-refractivity contribution is -0.127. The number of Topliss-reactive ketones (excluding diaryl/α,β-unsaturated/α-hetero) is 1. The van der Waals surface area contributed by atoms with Crippen molar-refractivity contribution < 1.29 is 18.0 Å². The summed E-state index contributed by atoms with van der Waals surface area (Å²) in [5, 5.41) is 0. The predicted octanol–water partition coefficient (Wildman–Crippen LogP) is 0.788. The van der Waals surface area contributed by atoms with Crippen LogP contribution in [0.3, 0.4) is 0 Å². The number of rotatable bonds is 5. The van der Waals surface area contributed by atoms with Gasteiger partial charge in [0.25, 0.3) is 0 Å². The van der Waals surface area contributed by atoms with Gasteiger partial charge in [0, 0.05) is 25.6 Å². The van der Waals surface area contributed by atoms with Gasteiger partial charge in [-0.25, -0.2) is 8.42 Å². The average Bonchev–Trinajstić information content (AvgIpc) is 2.78. The molecule has 6 nitrogen and oxygen atoms in total. The fourth-order valence-corrected chi connectivity index (χ4v) is 3.50. The molecule has 1 atom stereocenters. The second kappa shape index (κ2) is 5.95. The minimum atomic E-state index is -3.81. The largest absolute Gasteiger partial charge is 0.344 e. The summed E-state index contributed by atoms with van der Waals surface area (Å²) in [6.45, 7) is 2.25. The van der Waals surface area contributed by atoms with Gasteiger partial charge in [-0.3, -0.25) is 9.59 Å². The molecule has 0 bridgehead atoms. The predicted molar refractivity (Wildman–Crippen MR) is 77.4 cm³/mol. The van der Waals surface area contributed by atoms with Crippen molar-refractivity contribution in [1.29, 1.82) is 0 Å². The number of sulfonamides is 1. The summed E-state index contributed by atoms with van der Waals surface area (Å²) in [6, 6.07) is 5.14. The van der Waals surface area contributed by atoms with Crippen LogP contribution in [0.25, 0.3) is 0 Å². The molecular weight excluding hydrogens is 292 g/mol. The van der Waals surface area contributed by atoms with Crippen LogP contribution < -0.4 is 4.72 Å². The third kappa shape index (κ3) is 3.30. The highest BCUT2D eigenvalue weighted by Gasteiger charge is 2.33. The number of nitrogens with zero attached hydrogens (tertiary/aromatic N) is 1. The summed E-state index contributed by atoms with van der Waals surface area (Å²) >= 11 is 0. The van der Waals surface area contributed by atoms with Crippen LogP contribution in [0.2, 0.25) is 0 Å². The van der Waals surface area contributed by atoms with Crippen LogP contribution in [0, 0.1) is 0 Å². The molecule has 114 valence electrons. The molecule has 1 fully saturated rings. The normalized spacial score (nSPS) is 19.0. The molecule has 1 aromatic rings. The molecule has 7 heteroatoms. The van der Waals surface area contributed by atoms with Crippen molar-refractivity contribution in [2.75, 3.05) is 13.6 Å². The average molecular weight is 310 g/mol. The van der Waals surface area contributed by atoms with Crippen LogP contribution >= 0.6 is 0 Å². The van der Waals surface area contributed by atoms with Crippen molar-refractivity contribution in [2.45, 2.75) is 30.7 Å². The number of hydrogen-bond donors (Lipinski definition) is 1. The van der Waals surface area contributed by atoms with E-state index in [-0.39, 0.29) is 16.6 Å². The standard InChI is InChI=1S/C14H18N2O4S/c1-3-13(17)10-5-4-6-11(9-10)21(19,20)15-12-7-8-16(2)14(12)18/h4-6,9,12,15H,3,7-8H2,1-2H3. The molecule has 1 heterocycles. The summed E-state index contributed by atoms with van der Waals surface area (Å²) in [6.07, 6.45) is 0.755. The molecule has 1 unspecified atom stereocenters. The highest BCUT2D eigenvalue weighted by Crippen LogP contribution is 2.16. The zero-order chi connectivity index (χ0) is 15.6. The fraction of sp³-hybridized carbons (Fsp3) is 0.429. The molecule has 0 spiro atoms. The van der Waals surface area contributed by atoms with E-state index in [2.05, 4.69) is 4.72 Å².